The highest BCUT2D eigenvalue weighted by Gasteiger charge is 2.12. The molecule has 0 fully saturated rings. The van der Waals surface area contributed by atoms with E-state index in [4.69, 9.17) is 0 Å². The van der Waals surface area contributed by atoms with E-state index >= 15 is 0 Å². The molecule has 0 unspecified atom stereocenters. The Morgan fingerprint density at radius 3 is 2.05 bits per heavy atom. The van der Waals surface area contributed by atoms with E-state index in [2.05, 4.69) is 31.3 Å². The fourth-order valence-corrected chi connectivity index (χ4v) is 2.10. The number of nitrogens with one attached hydrogen (secondary N) is 1. The monoisotopic (exact) mass is 284 g/mol. The van der Waals surface area contributed by atoms with Crippen molar-refractivity contribution >= 4 is 5.91 Å². The highest BCUT2D eigenvalue weighted by atomic mass is 16.5. The summed E-state index contributed by atoms with van der Waals surface area (Å²) in [6.45, 7) is 6.24. The molecule has 0 saturated heterocycles. The van der Waals surface area contributed by atoms with Gasteiger partial charge in [-0.05, 0) is 24.0 Å². The molecule has 4 nitrogen and oxygen atoms in total. The second kappa shape index (κ2) is 6.39. The summed E-state index contributed by atoms with van der Waals surface area (Å²) in [5.74, 6) is 0.308. The second-order valence-electron chi connectivity index (χ2n) is 5.46. The summed E-state index contributed by atoms with van der Waals surface area (Å²) in [7, 11) is 0. The Kier molecular flexibility index (Phi) is 4.58. The van der Waals surface area contributed by atoms with Crippen molar-refractivity contribution in [3.05, 3.63) is 70.7 Å². The first-order valence-corrected chi connectivity index (χ1v) is 7.07. The van der Waals surface area contributed by atoms with E-state index in [0.29, 0.717) is 16.2 Å². The summed E-state index contributed by atoms with van der Waals surface area (Å²) < 4.78 is 0.658. The Morgan fingerprint density at radius 2 is 1.52 bits per heavy atom. The van der Waals surface area contributed by atoms with Crippen LogP contribution in [0.1, 0.15) is 54.2 Å². The lowest BCUT2D eigenvalue weighted by Crippen LogP contribution is -2.29. The molecular formula is C17H20N2O2. The van der Waals surface area contributed by atoms with Gasteiger partial charge < -0.3 is 10.5 Å². The minimum Gasteiger partial charge on any atom is -0.619 e. The number of carbonyl (C=O) groups excluding carboxylic acids is 1. The van der Waals surface area contributed by atoms with Crippen molar-refractivity contribution in [1.82, 2.24) is 5.32 Å². The van der Waals surface area contributed by atoms with E-state index in [1.807, 2.05) is 19.1 Å². The highest BCUT2D eigenvalue weighted by Crippen LogP contribution is 2.18. The van der Waals surface area contributed by atoms with Crippen LogP contribution in [-0.2, 0) is 0 Å². The third kappa shape index (κ3) is 3.81. The van der Waals surface area contributed by atoms with Crippen molar-refractivity contribution in [3.8, 4) is 0 Å². The van der Waals surface area contributed by atoms with Gasteiger partial charge in [0.1, 0.15) is 0 Å². The third-order valence-electron chi connectivity index (χ3n) is 3.51. The first kappa shape index (κ1) is 15.0. The molecule has 0 spiro atoms. The standard InChI is InChI=1S/C17H20N2O2/c1-12(2)14-4-6-15(7-5-14)13(3)18-17(20)16-8-10-19(21)11-9-16/h4-13H,1-3H3,(H,18,20)/t13-/m1/s1. The Hall–Kier alpha value is -2.36. The van der Waals surface area contributed by atoms with Gasteiger partial charge in [-0.1, -0.05) is 38.1 Å². The maximum atomic E-state index is 12.1. The minimum absolute atomic E-state index is 0.0849. The number of amides is 1. The molecule has 21 heavy (non-hydrogen) atoms. The molecule has 1 amide bonds. The van der Waals surface area contributed by atoms with Gasteiger partial charge in [-0.2, -0.15) is 4.73 Å². The van der Waals surface area contributed by atoms with Crippen molar-refractivity contribution in [2.24, 2.45) is 0 Å². The number of nitrogens with zero attached hydrogens (tertiary/aromatic N) is 1. The average molecular weight is 284 g/mol. The van der Waals surface area contributed by atoms with E-state index in [1.54, 1.807) is 0 Å². The number of hydrogen-bond acceptors (Lipinski definition) is 2. The zero-order valence-corrected chi connectivity index (χ0v) is 12.5. The second-order valence-corrected chi connectivity index (χ2v) is 5.46. The van der Waals surface area contributed by atoms with Gasteiger partial charge in [0.05, 0.1) is 11.6 Å². The molecule has 4 heteroatoms. The quantitative estimate of drug-likeness (QED) is 0.693. The van der Waals surface area contributed by atoms with Gasteiger partial charge in [0.2, 0.25) is 0 Å². The lowest BCUT2D eigenvalue weighted by Gasteiger charge is -2.15. The molecule has 2 rings (SSSR count). The number of rotatable bonds is 4. The fourth-order valence-electron chi connectivity index (χ4n) is 2.10. The molecular weight excluding hydrogens is 264 g/mol. The predicted molar refractivity (Wildman–Crippen MR) is 81.8 cm³/mol. The largest absolute Gasteiger partial charge is 0.619 e. The van der Waals surface area contributed by atoms with Crippen LogP contribution in [-0.4, -0.2) is 5.91 Å². The lowest BCUT2D eigenvalue weighted by atomic mass is 9.99. The van der Waals surface area contributed by atoms with Crippen molar-refractivity contribution in [2.45, 2.75) is 32.7 Å². The molecule has 1 N–H and O–H groups in total. The van der Waals surface area contributed by atoms with Crippen molar-refractivity contribution in [3.63, 3.8) is 0 Å². The van der Waals surface area contributed by atoms with Crippen molar-refractivity contribution < 1.29 is 9.52 Å². The first-order valence-electron chi connectivity index (χ1n) is 7.07. The van der Waals surface area contributed by atoms with Crippen LogP contribution in [0.15, 0.2) is 48.8 Å². The number of benzene rings is 1. The zero-order chi connectivity index (χ0) is 15.4. The van der Waals surface area contributed by atoms with Crippen LogP contribution >= 0.6 is 0 Å². The molecule has 1 aromatic heterocycles. The summed E-state index contributed by atoms with van der Waals surface area (Å²) in [5, 5.41) is 13.9. The molecule has 0 aliphatic heterocycles. The number of carbonyl (C=O) groups is 1. The van der Waals surface area contributed by atoms with Crippen LogP contribution in [0.4, 0.5) is 0 Å². The van der Waals surface area contributed by atoms with E-state index in [1.165, 1.54) is 30.1 Å². The molecule has 0 saturated carbocycles. The van der Waals surface area contributed by atoms with E-state index in [-0.39, 0.29) is 11.9 Å². The Morgan fingerprint density at radius 1 is 1.00 bits per heavy atom. The van der Waals surface area contributed by atoms with Crippen molar-refractivity contribution in [1.29, 1.82) is 0 Å². The molecule has 0 aliphatic rings. The minimum atomic E-state index is -0.184. The van der Waals surface area contributed by atoms with Gasteiger partial charge in [0, 0.05) is 12.1 Å². The molecule has 0 aliphatic carbocycles. The maximum absolute atomic E-state index is 12.1. The molecule has 110 valence electrons. The fraction of sp³-hybridized carbons (Fsp3) is 0.294. The summed E-state index contributed by atoms with van der Waals surface area (Å²) in [6.07, 6.45) is 2.63. The van der Waals surface area contributed by atoms with Gasteiger partial charge in [-0.25, -0.2) is 0 Å². The predicted octanol–water partition coefficient (Wildman–Crippen LogP) is 2.93. The number of aromatic nitrogens is 1. The number of hydrogen-bond donors (Lipinski definition) is 1. The van der Waals surface area contributed by atoms with E-state index < -0.39 is 0 Å². The smallest absolute Gasteiger partial charge is 0.252 e. The molecule has 2 aromatic rings. The summed E-state index contributed by atoms with van der Waals surface area (Å²) >= 11 is 0. The SMILES string of the molecule is CC(C)c1ccc([C@@H](C)NC(=O)c2cc[n+]([O-])cc2)cc1. The van der Waals surface area contributed by atoms with Gasteiger partial charge >= 0.3 is 0 Å². The molecule has 0 radical (unpaired) electrons. The van der Waals surface area contributed by atoms with Gasteiger partial charge in [0.25, 0.3) is 5.91 Å². The zero-order valence-electron chi connectivity index (χ0n) is 12.5. The van der Waals surface area contributed by atoms with Crippen LogP contribution in [0.25, 0.3) is 0 Å². The Labute approximate surface area is 125 Å². The number of pyridine rings is 1. The van der Waals surface area contributed by atoms with Crippen molar-refractivity contribution in [2.75, 3.05) is 0 Å². The topological polar surface area (TPSA) is 56.0 Å². The van der Waals surface area contributed by atoms with Gasteiger partial charge in [-0.3, -0.25) is 4.79 Å². The summed E-state index contributed by atoms with van der Waals surface area (Å²) in [5.41, 5.74) is 2.82. The molecule has 1 heterocycles. The van der Waals surface area contributed by atoms with Crippen LogP contribution in [0.5, 0.6) is 0 Å². The Balaban J connectivity index is 2.05. The van der Waals surface area contributed by atoms with Crippen LogP contribution < -0.4 is 10.0 Å². The summed E-state index contributed by atoms with van der Waals surface area (Å²) in [4.78, 5) is 12.1. The molecule has 1 atom stereocenters. The first-order chi connectivity index (χ1) is 9.97. The third-order valence-corrected chi connectivity index (χ3v) is 3.51. The van der Waals surface area contributed by atoms with Crippen LogP contribution in [0.3, 0.4) is 0 Å². The highest BCUT2D eigenvalue weighted by molar-refractivity contribution is 5.94. The van der Waals surface area contributed by atoms with E-state index in [0.717, 1.165) is 5.56 Å². The van der Waals surface area contributed by atoms with Crippen LogP contribution in [0, 0.1) is 5.21 Å². The normalized spacial score (nSPS) is 12.2. The Bertz CT molecular complexity index is 604. The van der Waals surface area contributed by atoms with Gasteiger partial charge in [0.15, 0.2) is 12.4 Å². The van der Waals surface area contributed by atoms with Crippen LogP contribution in [0.2, 0.25) is 0 Å². The maximum Gasteiger partial charge on any atom is 0.252 e. The average Bonchev–Trinajstić information content (AvgIpc) is 2.47. The van der Waals surface area contributed by atoms with Gasteiger partial charge in [-0.15, -0.1) is 0 Å². The van der Waals surface area contributed by atoms with E-state index in [9.17, 15) is 10.0 Å². The molecule has 0 bridgehead atoms. The lowest BCUT2D eigenvalue weighted by molar-refractivity contribution is -0.605. The molecule has 1 aromatic carbocycles. The summed E-state index contributed by atoms with van der Waals surface area (Å²) in [6, 6.07) is 11.2.